The number of anilines is 1. The van der Waals surface area contributed by atoms with Gasteiger partial charge in [0.25, 0.3) is 0 Å². The maximum absolute atomic E-state index is 5.90. The van der Waals surface area contributed by atoms with Gasteiger partial charge in [0, 0.05) is 37.4 Å². The molecule has 2 aromatic carbocycles. The molecule has 0 saturated carbocycles. The van der Waals surface area contributed by atoms with Crippen LogP contribution in [-0.2, 0) is 19.5 Å². The van der Waals surface area contributed by atoms with E-state index in [-0.39, 0.29) is 0 Å². The molecule has 3 rings (SSSR count). The summed E-state index contributed by atoms with van der Waals surface area (Å²) in [5, 5.41) is 4.29. The molecule has 0 amide bonds. The van der Waals surface area contributed by atoms with Gasteiger partial charge in [-0.3, -0.25) is 0 Å². The first-order valence-electron chi connectivity index (χ1n) is 7.50. The molecular formula is C18H21ClN2. The van der Waals surface area contributed by atoms with E-state index in [1.165, 1.54) is 41.8 Å². The number of benzene rings is 2. The summed E-state index contributed by atoms with van der Waals surface area (Å²) >= 11 is 5.90. The zero-order valence-electron chi connectivity index (χ0n) is 12.4. The fourth-order valence-corrected chi connectivity index (χ4v) is 3.03. The number of nitrogens with one attached hydrogen (secondary N) is 1. The van der Waals surface area contributed by atoms with Crippen LogP contribution in [0.3, 0.4) is 0 Å². The van der Waals surface area contributed by atoms with Crippen molar-refractivity contribution in [3.8, 4) is 0 Å². The number of halogens is 1. The molecule has 2 nitrogen and oxygen atoms in total. The van der Waals surface area contributed by atoms with Crippen molar-refractivity contribution in [3.05, 3.63) is 64.2 Å². The standard InChI is InChI=1S/C18H21ClN2/c1-21-10-2-3-16-11-15(6-9-18(16)21)13-20-12-14-4-7-17(19)8-5-14/h4-9,11,20H,2-3,10,12-13H2,1H3. The summed E-state index contributed by atoms with van der Waals surface area (Å²) in [6.07, 6.45) is 2.45. The van der Waals surface area contributed by atoms with Crippen molar-refractivity contribution in [2.24, 2.45) is 0 Å². The van der Waals surface area contributed by atoms with Crippen molar-refractivity contribution in [1.29, 1.82) is 0 Å². The Morgan fingerprint density at radius 1 is 1.05 bits per heavy atom. The molecule has 0 aliphatic carbocycles. The van der Waals surface area contributed by atoms with Crippen molar-refractivity contribution < 1.29 is 0 Å². The maximum atomic E-state index is 5.90. The molecule has 3 heteroatoms. The summed E-state index contributed by atoms with van der Waals surface area (Å²) in [4.78, 5) is 2.35. The molecular weight excluding hydrogens is 280 g/mol. The van der Waals surface area contributed by atoms with Gasteiger partial charge in [0.2, 0.25) is 0 Å². The molecule has 0 fully saturated rings. The first-order chi connectivity index (χ1) is 10.2. The van der Waals surface area contributed by atoms with Gasteiger partial charge < -0.3 is 10.2 Å². The topological polar surface area (TPSA) is 15.3 Å². The monoisotopic (exact) mass is 300 g/mol. The first kappa shape index (κ1) is 14.4. The maximum Gasteiger partial charge on any atom is 0.0406 e. The molecule has 1 N–H and O–H groups in total. The van der Waals surface area contributed by atoms with E-state index in [9.17, 15) is 0 Å². The molecule has 1 aliphatic heterocycles. The van der Waals surface area contributed by atoms with Crippen LogP contribution in [0.15, 0.2) is 42.5 Å². The molecule has 1 heterocycles. The molecule has 2 aromatic rings. The Morgan fingerprint density at radius 3 is 2.57 bits per heavy atom. The van der Waals surface area contributed by atoms with E-state index in [0.717, 1.165) is 18.1 Å². The Labute approximate surface area is 131 Å². The molecule has 0 saturated heterocycles. The van der Waals surface area contributed by atoms with Crippen molar-refractivity contribution in [3.63, 3.8) is 0 Å². The Hall–Kier alpha value is -1.51. The molecule has 21 heavy (non-hydrogen) atoms. The lowest BCUT2D eigenvalue weighted by Gasteiger charge is -2.27. The van der Waals surface area contributed by atoms with Crippen molar-refractivity contribution in [2.45, 2.75) is 25.9 Å². The minimum atomic E-state index is 0.789. The predicted octanol–water partition coefficient (Wildman–Crippen LogP) is 4.01. The zero-order valence-corrected chi connectivity index (χ0v) is 13.2. The molecule has 0 radical (unpaired) electrons. The number of nitrogens with zero attached hydrogens (tertiary/aromatic N) is 1. The van der Waals surface area contributed by atoms with Crippen molar-refractivity contribution in [2.75, 3.05) is 18.5 Å². The number of rotatable bonds is 4. The van der Waals surface area contributed by atoms with Crippen LogP contribution in [0.4, 0.5) is 5.69 Å². The van der Waals surface area contributed by atoms with Gasteiger partial charge in [0.1, 0.15) is 0 Å². The average molecular weight is 301 g/mol. The van der Waals surface area contributed by atoms with Crippen LogP contribution in [0.2, 0.25) is 5.02 Å². The van der Waals surface area contributed by atoms with Gasteiger partial charge in [-0.2, -0.15) is 0 Å². The molecule has 0 spiro atoms. The van der Waals surface area contributed by atoms with Gasteiger partial charge in [-0.15, -0.1) is 0 Å². The van der Waals surface area contributed by atoms with Crippen molar-refractivity contribution >= 4 is 17.3 Å². The van der Waals surface area contributed by atoms with Crippen LogP contribution in [-0.4, -0.2) is 13.6 Å². The molecule has 0 unspecified atom stereocenters. The highest BCUT2D eigenvalue weighted by Gasteiger charge is 2.13. The summed E-state index contributed by atoms with van der Waals surface area (Å²) in [6, 6.07) is 14.8. The number of fused-ring (bicyclic) bond motifs is 1. The summed E-state index contributed by atoms with van der Waals surface area (Å²) in [5.74, 6) is 0. The minimum Gasteiger partial charge on any atom is -0.374 e. The Morgan fingerprint density at radius 2 is 1.76 bits per heavy atom. The van der Waals surface area contributed by atoms with Crippen LogP contribution in [0.25, 0.3) is 0 Å². The lowest BCUT2D eigenvalue weighted by molar-refractivity contribution is 0.689. The molecule has 0 bridgehead atoms. The van der Waals surface area contributed by atoms with Crippen LogP contribution in [0, 0.1) is 0 Å². The normalized spacial score (nSPS) is 14.1. The highest BCUT2D eigenvalue weighted by molar-refractivity contribution is 6.30. The third-order valence-corrected chi connectivity index (χ3v) is 4.32. The number of aryl methyl sites for hydroxylation is 1. The van der Waals surface area contributed by atoms with E-state index in [1.54, 1.807) is 0 Å². The lowest BCUT2D eigenvalue weighted by Crippen LogP contribution is -2.24. The van der Waals surface area contributed by atoms with Crippen LogP contribution in [0.1, 0.15) is 23.1 Å². The van der Waals surface area contributed by atoms with Gasteiger partial charge >= 0.3 is 0 Å². The summed E-state index contributed by atoms with van der Waals surface area (Å²) in [5.41, 5.74) is 5.49. The third-order valence-electron chi connectivity index (χ3n) is 4.07. The largest absolute Gasteiger partial charge is 0.374 e. The second kappa shape index (κ2) is 6.50. The zero-order chi connectivity index (χ0) is 14.7. The fraction of sp³-hybridized carbons (Fsp3) is 0.333. The SMILES string of the molecule is CN1CCCc2cc(CNCc3ccc(Cl)cc3)ccc21. The van der Waals surface area contributed by atoms with Crippen LogP contribution in [0.5, 0.6) is 0 Å². The molecule has 0 atom stereocenters. The van der Waals surface area contributed by atoms with Crippen LogP contribution < -0.4 is 10.2 Å². The predicted molar refractivity (Wildman–Crippen MR) is 90.0 cm³/mol. The second-order valence-corrected chi connectivity index (χ2v) is 6.15. The molecule has 110 valence electrons. The highest BCUT2D eigenvalue weighted by atomic mass is 35.5. The summed E-state index contributed by atoms with van der Waals surface area (Å²) in [6.45, 7) is 2.94. The van der Waals surface area contributed by atoms with E-state index < -0.39 is 0 Å². The van der Waals surface area contributed by atoms with Gasteiger partial charge in [0.15, 0.2) is 0 Å². The lowest BCUT2D eigenvalue weighted by atomic mass is 9.99. The van der Waals surface area contributed by atoms with E-state index in [1.807, 2.05) is 12.1 Å². The second-order valence-electron chi connectivity index (χ2n) is 5.72. The number of hydrogen-bond donors (Lipinski definition) is 1. The van der Waals surface area contributed by atoms with E-state index in [4.69, 9.17) is 11.6 Å². The Bertz CT molecular complexity index is 607. The molecule has 0 aromatic heterocycles. The van der Waals surface area contributed by atoms with E-state index >= 15 is 0 Å². The Balaban J connectivity index is 1.59. The van der Waals surface area contributed by atoms with Crippen LogP contribution >= 0.6 is 11.6 Å². The third kappa shape index (κ3) is 3.58. The van der Waals surface area contributed by atoms with Gasteiger partial charge in [-0.25, -0.2) is 0 Å². The first-order valence-corrected chi connectivity index (χ1v) is 7.88. The summed E-state index contributed by atoms with van der Waals surface area (Å²) < 4.78 is 0. The number of hydrogen-bond acceptors (Lipinski definition) is 2. The highest BCUT2D eigenvalue weighted by Crippen LogP contribution is 2.26. The van der Waals surface area contributed by atoms with Gasteiger partial charge in [-0.05, 0) is 47.7 Å². The average Bonchev–Trinajstić information content (AvgIpc) is 2.49. The Kier molecular flexibility index (Phi) is 4.47. The smallest absolute Gasteiger partial charge is 0.0406 e. The van der Waals surface area contributed by atoms with E-state index in [2.05, 4.69) is 47.6 Å². The minimum absolute atomic E-state index is 0.789. The van der Waals surface area contributed by atoms with Gasteiger partial charge in [0.05, 0.1) is 0 Å². The van der Waals surface area contributed by atoms with E-state index in [0.29, 0.717) is 0 Å². The fourth-order valence-electron chi connectivity index (χ4n) is 2.90. The molecule has 1 aliphatic rings. The summed E-state index contributed by atoms with van der Waals surface area (Å²) in [7, 11) is 2.18. The van der Waals surface area contributed by atoms with Gasteiger partial charge in [-0.1, -0.05) is 35.9 Å². The quantitative estimate of drug-likeness (QED) is 0.918. The van der Waals surface area contributed by atoms with Crippen molar-refractivity contribution in [1.82, 2.24) is 5.32 Å².